The van der Waals surface area contributed by atoms with Crippen LogP contribution in [0, 0.1) is 5.41 Å². The van der Waals surface area contributed by atoms with Crippen LogP contribution in [0.25, 0.3) is 5.57 Å². The average molecular weight is 249 g/mol. The van der Waals surface area contributed by atoms with Gasteiger partial charge >= 0.3 is 0 Å². The van der Waals surface area contributed by atoms with E-state index in [-0.39, 0.29) is 12.3 Å². The summed E-state index contributed by atoms with van der Waals surface area (Å²) in [6.45, 7) is 0.381. The van der Waals surface area contributed by atoms with Gasteiger partial charge in [-0.2, -0.15) is 0 Å². The normalized spacial score (nSPS) is 15.5. The summed E-state index contributed by atoms with van der Waals surface area (Å²) in [6.07, 6.45) is 1.92. The molecule has 0 radical (unpaired) electrons. The highest BCUT2D eigenvalue weighted by molar-refractivity contribution is 6.19. The van der Waals surface area contributed by atoms with Crippen molar-refractivity contribution < 1.29 is 20.1 Å². The number of aryl methyl sites for hydroxylation is 1. The molecule has 4 N–H and O–H groups in total. The van der Waals surface area contributed by atoms with E-state index in [0.717, 1.165) is 11.1 Å². The van der Waals surface area contributed by atoms with Gasteiger partial charge in [-0.15, -0.1) is 0 Å². The summed E-state index contributed by atoms with van der Waals surface area (Å²) < 4.78 is 5.06. The average Bonchev–Trinajstić information content (AvgIpc) is 2.72. The first-order valence-corrected chi connectivity index (χ1v) is 5.65. The Balaban J connectivity index is 2.23. The van der Waals surface area contributed by atoms with Crippen LogP contribution in [0.5, 0.6) is 0 Å². The van der Waals surface area contributed by atoms with E-state index >= 15 is 0 Å². The topological polar surface area (TPSA) is 93.8 Å². The third-order valence-corrected chi connectivity index (χ3v) is 2.80. The van der Waals surface area contributed by atoms with Gasteiger partial charge in [0.25, 0.3) is 5.97 Å². The van der Waals surface area contributed by atoms with Crippen LogP contribution < -0.4 is 0 Å². The van der Waals surface area contributed by atoms with Gasteiger partial charge in [0.15, 0.2) is 0 Å². The second-order valence-electron chi connectivity index (χ2n) is 4.19. The first kappa shape index (κ1) is 12.8. The minimum absolute atomic E-state index is 0.116. The standard InChI is InChI=1S/C13H15NO4/c14-12-11(6-8-18-12)10-4-2-1-3-9(10)5-7-13(15,16)17/h1-4,6,14-17H,5,7-8H2. The summed E-state index contributed by atoms with van der Waals surface area (Å²) in [6, 6.07) is 7.34. The van der Waals surface area contributed by atoms with Crippen molar-refractivity contribution in [2.45, 2.75) is 18.8 Å². The summed E-state index contributed by atoms with van der Waals surface area (Å²) >= 11 is 0. The largest absolute Gasteiger partial charge is 0.473 e. The molecule has 0 saturated carbocycles. The third-order valence-electron chi connectivity index (χ3n) is 2.80. The highest BCUT2D eigenvalue weighted by atomic mass is 16.7. The molecule has 1 aromatic rings. The third kappa shape index (κ3) is 2.95. The van der Waals surface area contributed by atoms with E-state index in [1.54, 1.807) is 0 Å². The SMILES string of the molecule is N=C1OCC=C1c1ccccc1CCC(O)(O)O. The van der Waals surface area contributed by atoms with Crippen molar-refractivity contribution in [1.29, 1.82) is 5.41 Å². The maximum Gasteiger partial charge on any atom is 0.275 e. The highest BCUT2D eigenvalue weighted by Crippen LogP contribution is 2.25. The van der Waals surface area contributed by atoms with E-state index in [1.807, 2.05) is 30.3 Å². The molecule has 5 heteroatoms. The number of benzene rings is 1. The Kier molecular flexibility index (Phi) is 3.47. The lowest BCUT2D eigenvalue weighted by molar-refractivity contribution is -0.314. The Morgan fingerprint density at radius 3 is 2.56 bits per heavy atom. The molecule has 0 aliphatic carbocycles. The zero-order valence-electron chi connectivity index (χ0n) is 9.76. The Bertz CT molecular complexity index is 488. The van der Waals surface area contributed by atoms with Crippen LogP contribution in [0.3, 0.4) is 0 Å². The molecular formula is C13H15NO4. The van der Waals surface area contributed by atoms with E-state index in [9.17, 15) is 0 Å². The molecule has 1 aromatic carbocycles. The van der Waals surface area contributed by atoms with Gasteiger partial charge < -0.3 is 20.1 Å². The smallest absolute Gasteiger partial charge is 0.275 e. The molecule has 0 bridgehead atoms. The van der Waals surface area contributed by atoms with Gasteiger partial charge in [0, 0.05) is 12.0 Å². The molecule has 0 fully saturated rings. The molecule has 0 amide bonds. The highest BCUT2D eigenvalue weighted by Gasteiger charge is 2.21. The minimum atomic E-state index is -2.67. The van der Waals surface area contributed by atoms with Crippen molar-refractivity contribution in [3.63, 3.8) is 0 Å². The summed E-state index contributed by atoms with van der Waals surface area (Å²) in [5.41, 5.74) is 2.36. The summed E-state index contributed by atoms with van der Waals surface area (Å²) in [5, 5.41) is 34.4. The molecule has 0 aromatic heterocycles. The zero-order valence-corrected chi connectivity index (χ0v) is 9.76. The van der Waals surface area contributed by atoms with Crippen LogP contribution in [-0.2, 0) is 11.2 Å². The Morgan fingerprint density at radius 1 is 1.22 bits per heavy atom. The van der Waals surface area contributed by atoms with Crippen LogP contribution in [0.2, 0.25) is 0 Å². The van der Waals surface area contributed by atoms with Crippen LogP contribution in [0.4, 0.5) is 0 Å². The van der Waals surface area contributed by atoms with Crippen LogP contribution in [-0.4, -0.2) is 33.8 Å². The monoisotopic (exact) mass is 249 g/mol. The number of hydrogen-bond donors (Lipinski definition) is 4. The summed E-state index contributed by atoms with van der Waals surface area (Å²) in [7, 11) is 0. The molecule has 0 atom stereocenters. The molecule has 0 spiro atoms. The van der Waals surface area contributed by atoms with Crippen molar-refractivity contribution in [2.24, 2.45) is 0 Å². The lowest BCUT2D eigenvalue weighted by atomic mass is 9.96. The number of hydrogen-bond acceptors (Lipinski definition) is 5. The van der Waals surface area contributed by atoms with Crippen LogP contribution in [0.15, 0.2) is 30.3 Å². The van der Waals surface area contributed by atoms with E-state index in [2.05, 4.69) is 0 Å². The minimum Gasteiger partial charge on any atom is -0.473 e. The van der Waals surface area contributed by atoms with E-state index in [1.165, 1.54) is 0 Å². The van der Waals surface area contributed by atoms with Gasteiger partial charge in [-0.05, 0) is 23.6 Å². The van der Waals surface area contributed by atoms with Crippen molar-refractivity contribution in [2.75, 3.05) is 6.61 Å². The lowest BCUT2D eigenvalue weighted by Crippen LogP contribution is -2.27. The van der Waals surface area contributed by atoms with Crippen molar-refractivity contribution >= 4 is 11.5 Å². The Morgan fingerprint density at radius 2 is 1.94 bits per heavy atom. The zero-order chi connectivity index (χ0) is 13.2. The predicted molar refractivity (Wildman–Crippen MR) is 65.8 cm³/mol. The maximum absolute atomic E-state index is 8.92. The number of ether oxygens (including phenoxy) is 1. The fourth-order valence-electron chi connectivity index (χ4n) is 1.91. The van der Waals surface area contributed by atoms with Gasteiger partial charge in [-0.1, -0.05) is 24.3 Å². The van der Waals surface area contributed by atoms with Gasteiger partial charge in [-0.3, -0.25) is 5.41 Å². The molecule has 1 aliphatic rings. The van der Waals surface area contributed by atoms with E-state index in [4.69, 9.17) is 25.5 Å². The molecular weight excluding hydrogens is 234 g/mol. The van der Waals surface area contributed by atoms with Gasteiger partial charge in [0.05, 0.1) is 0 Å². The summed E-state index contributed by atoms with van der Waals surface area (Å²) in [4.78, 5) is 0. The number of rotatable bonds is 4. The molecule has 5 nitrogen and oxygen atoms in total. The molecule has 96 valence electrons. The molecule has 1 heterocycles. The van der Waals surface area contributed by atoms with Crippen molar-refractivity contribution in [3.8, 4) is 0 Å². The summed E-state index contributed by atoms with van der Waals surface area (Å²) in [5.74, 6) is -2.55. The molecule has 1 aliphatic heterocycles. The number of aliphatic hydroxyl groups is 3. The van der Waals surface area contributed by atoms with Crippen LogP contribution in [0.1, 0.15) is 17.5 Å². The molecule has 0 saturated heterocycles. The predicted octanol–water partition coefficient (Wildman–Crippen LogP) is 0.641. The first-order valence-electron chi connectivity index (χ1n) is 5.65. The Labute approximate surface area is 104 Å². The van der Waals surface area contributed by atoms with Crippen molar-refractivity contribution in [3.05, 3.63) is 41.5 Å². The first-order chi connectivity index (χ1) is 8.47. The fraction of sp³-hybridized carbons (Fsp3) is 0.308. The Hall–Kier alpha value is -1.69. The second kappa shape index (κ2) is 4.89. The number of nitrogens with one attached hydrogen (secondary N) is 1. The fourth-order valence-corrected chi connectivity index (χ4v) is 1.91. The van der Waals surface area contributed by atoms with Crippen LogP contribution >= 0.6 is 0 Å². The van der Waals surface area contributed by atoms with Gasteiger partial charge in [-0.25, -0.2) is 0 Å². The van der Waals surface area contributed by atoms with E-state index in [0.29, 0.717) is 18.6 Å². The maximum atomic E-state index is 8.92. The quantitative estimate of drug-likeness (QED) is 0.589. The lowest BCUT2D eigenvalue weighted by Gasteiger charge is -2.15. The molecule has 2 rings (SSSR count). The van der Waals surface area contributed by atoms with Gasteiger partial charge in [0.1, 0.15) is 6.61 Å². The molecule has 0 unspecified atom stereocenters. The second-order valence-corrected chi connectivity index (χ2v) is 4.19. The van der Waals surface area contributed by atoms with E-state index < -0.39 is 5.97 Å². The van der Waals surface area contributed by atoms with Crippen molar-refractivity contribution in [1.82, 2.24) is 0 Å². The van der Waals surface area contributed by atoms with Gasteiger partial charge in [0.2, 0.25) is 5.90 Å². The molecule has 18 heavy (non-hydrogen) atoms.